The maximum absolute atomic E-state index is 4.78. The number of hydrogen-bond donors (Lipinski definition) is 0. The molecule has 0 aromatic carbocycles. The van der Waals surface area contributed by atoms with Crippen LogP contribution in [0.25, 0.3) is 11.1 Å². The summed E-state index contributed by atoms with van der Waals surface area (Å²) in [6.45, 7) is 7.47. The summed E-state index contributed by atoms with van der Waals surface area (Å²) in [5.74, 6) is 0.820. The molecule has 0 N–H and O–H groups in total. The average Bonchev–Trinajstić information content (AvgIpc) is 3.23. The minimum atomic E-state index is 0.705. The summed E-state index contributed by atoms with van der Waals surface area (Å²) in [4.78, 5) is 12.0. The van der Waals surface area contributed by atoms with Crippen LogP contribution in [0.15, 0.2) is 30.9 Å². The van der Waals surface area contributed by atoms with Crippen molar-refractivity contribution in [2.45, 2.75) is 51.5 Å². The van der Waals surface area contributed by atoms with Crippen LogP contribution in [0.4, 0.5) is 0 Å². The van der Waals surface area contributed by atoms with Crippen molar-refractivity contribution in [3.63, 3.8) is 0 Å². The second-order valence-corrected chi connectivity index (χ2v) is 6.64. The molecular weight excluding hydrogens is 282 g/mol. The highest BCUT2D eigenvalue weighted by Crippen LogP contribution is 2.24. The number of aryl methyl sites for hydroxylation is 1. The van der Waals surface area contributed by atoms with Crippen molar-refractivity contribution < 1.29 is 0 Å². The van der Waals surface area contributed by atoms with Gasteiger partial charge in [-0.3, -0.25) is 0 Å². The molecule has 0 spiro atoms. The summed E-state index contributed by atoms with van der Waals surface area (Å²) in [6, 6.07) is 2.87. The van der Waals surface area contributed by atoms with E-state index in [-0.39, 0.29) is 0 Å². The van der Waals surface area contributed by atoms with E-state index >= 15 is 0 Å². The van der Waals surface area contributed by atoms with Crippen LogP contribution in [0.3, 0.4) is 0 Å². The smallest absolute Gasteiger partial charge is 0.155 e. The van der Waals surface area contributed by atoms with E-state index in [4.69, 9.17) is 9.97 Å². The van der Waals surface area contributed by atoms with Gasteiger partial charge in [0, 0.05) is 11.7 Å². The SMILES string of the molecule is C=C(CC)c1nc(CCC2CCCN2C)cc(C2=CCC=C2)n1. The van der Waals surface area contributed by atoms with Crippen molar-refractivity contribution in [1.82, 2.24) is 14.9 Å². The molecule has 1 fully saturated rings. The van der Waals surface area contributed by atoms with E-state index in [1.54, 1.807) is 0 Å². The molecule has 1 saturated heterocycles. The predicted octanol–water partition coefficient (Wildman–Crippen LogP) is 4.27. The molecule has 0 radical (unpaired) electrons. The summed E-state index contributed by atoms with van der Waals surface area (Å²) < 4.78 is 0. The van der Waals surface area contributed by atoms with Crippen molar-refractivity contribution in [3.8, 4) is 0 Å². The monoisotopic (exact) mass is 309 g/mol. The fourth-order valence-electron chi connectivity index (χ4n) is 3.40. The first-order chi connectivity index (χ1) is 11.2. The number of allylic oxidation sites excluding steroid dienone is 5. The lowest BCUT2D eigenvalue weighted by Gasteiger charge is -2.19. The standard InChI is InChI=1S/C20H27N3/c1-4-15(2)20-21-17(11-12-18-10-7-13-23(18)3)14-19(22-20)16-8-5-6-9-16/h5,8-9,14,18H,2,4,6-7,10-13H2,1,3H3. The number of rotatable bonds is 6. The number of aromatic nitrogens is 2. The first-order valence-corrected chi connectivity index (χ1v) is 8.80. The summed E-state index contributed by atoms with van der Waals surface area (Å²) >= 11 is 0. The van der Waals surface area contributed by atoms with Crippen molar-refractivity contribution in [2.75, 3.05) is 13.6 Å². The van der Waals surface area contributed by atoms with Gasteiger partial charge in [-0.2, -0.15) is 0 Å². The topological polar surface area (TPSA) is 29.0 Å². The molecule has 1 aliphatic carbocycles. The Bertz CT molecular complexity index is 642. The molecule has 1 unspecified atom stereocenters. The average molecular weight is 309 g/mol. The minimum Gasteiger partial charge on any atom is -0.303 e. The summed E-state index contributed by atoms with van der Waals surface area (Å²) in [7, 11) is 2.24. The molecule has 1 aliphatic heterocycles. The molecule has 2 heterocycles. The van der Waals surface area contributed by atoms with Crippen LogP contribution in [0.5, 0.6) is 0 Å². The van der Waals surface area contributed by atoms with Gasteiger partial charge in [0.15, 0.2) is 5.82 Å². The third kappa shape index (κ3) is 3.78. The fourth-order valence-corrected chi connectivity index (χ4v) is 3.40. The zero-order valence-corrected chi connectivity index (χ0v) is 14.4. The lowest BCUT2D eigenvalue weighted by atomic mass is 10.1. The third-order valence-corrected chi connectivity index (χ3v) is 4.99. The molecule has 23 heavy (non-hydrogen) atoms. The van der Waals surface area contributed by atoms with E-state index in [0.29, 0.717) is 6.04 Å². The molecular formula is C20H27N3. The van der Waals surface area contributed by atoms with Crippen molar-refractivity contribution >= 4 is 11.1 Å². The Labute approximate surface area is 139 Å². The van der Waals surface area contributed by atoms with Crippen LogP contribution in [0, 0.1) is 0 Å². The Hall–Kier alpha value is -1.74. The fraction of sp³-hybridized carbons (Fsp3) is 0.500. The zero-order valence-electron chi connectivity index (χ0n) is 14.4. The first-order valence-electron chi connectivity index (χ1n) is 8.80. The zero-order chi connectivity index (χ0) is 16.2. The van der Waals surface area contributed by atoms with Gasteiger partial charge in [0.05, 0.1) is 5.69 Å². The highest BCUT2D eigenvalue weighted by molar-refractivity contribution is 5.75. The van der Waals surface area contributed by atoms with Crippen molar-refractivity contribution in [2.24, 2.45) is 0 Å². The molecule has 1 aromatic rings. The van der Waals surface area contributed by atoms with Gasteiger partial charge in [-0.1, -0.05) is 31.7 Å². The van der Waals surface area contributed by atoms with Crippen LogP contribution >= 0.6 is 0 Å². The van der Waals surface area contributed by atoms with E-state index in [2.05, 4.69) is 49.7 Å². The Morgan fingerprint density at radius 3 is 2.91 bits per heavy atom. The molecule has 0 saturated carbocycles. The van der Waals surface area contributed by atoms with Crippen molar-refractivity contribution in [3.05, 3.63) is 48.1 Å². The van der Waals surface area contributed by atoms with Crippen LogP contribution < -0.4 is 0 Å². The first kappa shape index (κ1) is 16.1. The number of hydrogen-bond acceptors (Lipinski definition) is 3. The van der Waals surface area contributed by atoms with Gasteiger partial charge >= 0.3 is 0 Å². The third-order valence-electron chi connectivity index (χ3n) is 4.99. The highest BCUT2D eigenvalue weighted by atomic mass is 15.1. The van der Waals surface area contributed by atoms with Gasteiger partial charge in [0.25, 0.3) is 0 Å². The highest BCUT2D eigenvalue weighted by Gasteiger charge is 2.21. The maximum Gasteiger partial charge on any atom is 0.155 e. The summed E-state index contributed by atoms with van der Waals surface area (Å²) in [5.41, 5.74) is 4.44. The van der Waals surface area contributed by atoms with E-state index in [9.17, 15) is 0 Å². The second kappa shape index (κ2) is 7.22. The molecule has 3 rings (SSSR count). The van der Waals surface area contributed by atoms with Crippen LogP contribution in [-0.2, 0) is 6.42 Å². The van der Waals surface area contributed by atoms with Crippen LogP contribution in [0.1, 0.15) is 56.2 Å². The van der Waals surface area contributed by atoms with Gasteiger partial charge in [0.2, 0.25) is 0 Å². The van der Waals surface area contributed by atoms with Gasteiger partial charge in [-0.05, 0) is 69.3 Å². The summed E-state index contributed by atoms with van der Waals surface area (Å²) in [5, 5.41) is 0. The van der Waals surface area contributed by atoms with Crippen molar-refractivity contribution in [1.29, 1.82) is 0 Å². The lowest BCUT2D eigenvalue weighted by Crippen LogP contribution is -2.25. The normalized spacial score (nSPS) is 21.0. The molecule has 0 bridgehead atoms. The predicted molar refractivity (Wildman–Crippen MR) is 97.1 cm³/mol. The van der Waals surface area contributed by atoms with Gasteiger partial charge in [-0.15, -0.1) is 0 Å². The number of nitrogens with zero attached hydrogens (tertiary/aromatic N) is 3. The molecule has 1 atom stereocenters. The minimum absolute atomic E-state index is 0.705. The van der Waals surface area contributed by atoms with Crippen LogP contribution in [0.2, 0.25) is 0 Å². The Kier molecular flexibility index (Phi) is 5.06. The quantitative estimate of drug-likeness (QED) is 0.786. The molecule has 3 heteroatoms. The Balaban J connectivity index is 1.81. The van der Waals surface area contributed by atoms with E-state index in [1.165, 1.54) is 31.4 Å². The molecule has 2 aliphatic rings. The molecule has 122 valence electrons. The number of likely N-dealkylation sites (tertiary alicyclic amines) is 1. The maximum atomic E-state index is 4.78. The van der Waals surface area contributed by atoms with E-state index < -0.39 is 0 Å². The summed E-state index contributed by atoms with van der Waals surface area (Å²) in [6.07, 6.45) is 13.3. The van der Waals surface area contributed by atoms with Crippen LogP contribution in [-0.4, -0.2) is 34.5 Å². The molecule has 1 aromatic heterocycles. The van der Waals surface area contributed by atoms with E-state index in [1.807, 2.05) is 0 Å². The Morgan fingerprint density at radius 1 is 1.39 bits per heavy atom. The van der Waals surface area contributed by atoms with Gasteiger partial charge in [-0.25, -0.2) is 9.97 Å². The molecule has 3 nitrogen and oxygen atoms in total. The second-order valence-electron chi connectivity index (χ2n) is 6.64. The molecule has 0 amide bonds. The van der Waals surface area contributed by atoms with Gasteiger partial charge < -0.3 is 4.90 Å². The van der Waals surface area contributed by atoms with E-state index in [0.717, 1.165) is 42.0 Å². The van der Waals surface area contributed by atoms with Gasteiger partial charge in [0.1, 0.15) is 0 Å². The lowest BCUT2D eigenvalue weighted by molar-refractivity contribution is 0.296. The Morgan fingerprint density at radius 2 is 2.26 bits per heavy atom. The largest absolute Gasteiger partial charge is 0.303 e.